The van der Waals surface area contributed by atoms with Crippen LogP contribution in [0.4, 0.5) is 0 Å². The van der Waals surface area contributed by atoms with Crippen molar-refractivity contribution in [2.45, 2.75) is 81.7 Å². The number of nitrogens with one attached hydrogen (secondary N) is 2. The molecule has 10 atom stereocenters. The van der Waals surface area contributed by atoms with Crippen LogP contribution in [0.2, 0.25) is 0 Å². The molecule has 202 valence electrons. The van der Waals surface area contributed by atoms with Gasteiger partial charge in [0.1, 0.15) is 48.7 Å². The third-order valence-electron chi connectivity index (χ3n) is 6.02. The van der Waals surface area contributed by atoms with E-state index in [9.17, 15) is 35.1 Å². The van der Waals surface area contributed by atoms with Crippen molar-refractivity contribution < 1.29 is 54.1 Å². The first-order valence-electron chi connectivity index (χ1n) is 11.6. The van der Waals surface area contributed by atoms with Crippen molar-refractivity contribution in [3.05, 3.63) is 35.9 Å². The van der Waals surface area contributed by atoms with Crippen molar-refractivity contribution in [2.24, 2.45) is 0 Å². The largest absolute Gasteiger partial charge is 0.394 e. The fourth-order valence-electron chi connectivity index (χ4n) is 4.26. The normalized spacial score (nSPS) is 36.8. The van der Waals surface area contributed by atoms with E-state index in [0.29, 0.717) is 0 Å². The Kier molecular flexibility index (Phi) is 10.1. The summed E-state index contributed by atoms with van der Waals surface area (Å²) in [4.78, 5) is 23.6. The van der Waals surface area contributed by atoms with Crippen LogP contribution in [0.15, 0.2) is 30.3 Å². The van der Waals surface area contributed by atoms with Crippen LogP contribution >= 0.6 is 0 Å². The summed E-state index contributed by atoms with van der Waals surface area (Å²) in [6.07, 6.45) is -11.0. The van der Waals surface area contributed by atoms with Gasteiger partial charge in [-0.25, -0.2) is 0 Å². The van der Waals surface area contributed by atoms with Crippen molar-refractivity contribution in [2.75, 3.05) is 13.2 Å². The minimum Gasteiger partial charge on any atom is -0.394 e. The monoisotopic (exact) mass is 514 g/mol. The van der Waals surface area contributed by atoms with Gasteiger partial charge in [-0.15, -0.1) is 0 Å². The highest BCUT2D eigenvalue weighted by Gasteiger charge is 2.51. The molecule has 2 heterocycles. The molecule has 0 aliphatic carbocycles. The molecule has 2 aliphatic heterocycles. The third kappa shape index (κ3) is 6.76. The first kappa shape index (κ1) is 28.4. The molecule has 2 amide bonds. The number of aliphatic hydroxyl groups is 5. The zero-order chi connectivity index (χ0) is 26.4. The number of hydrogen-bond acceptors (Lipinski definition) is 11. The fraction of sp³-hybridized carbons (Fsp3) is 0.652. The van der Waals surface area contributed by atoms with Gasteiger partial charge in [-0.3, -0.25) is 9.59 Å². The Hall–Kier alpha value is -2.20. The molecule has 2 aliphatic rings. The van der Waals surface area contributed by atoms with Crippen LogP contribution in [0, 0.1) is 0 Å². The Balaban J connectivity index is 1.82. The molecule has 1 aromatic carbocycles. The van der Waals surface area contributed by atoms with E-state index in [1.54, 1.807) is 0 Å². The molecule has 2 fully saturated rings. The summed E-state index contributed by atoms with van der Waals surface area (Å²) in [7, 11) is 0. The van der Waals surface area contributed by atoms with E-state index in [4.69, 9.17) is 18.9 Å². The van der Waals surface area contributed by atoms with Gasteiger partial charge in [0.25, 0.3) is 0 Å². The molecule has 0 bridgehead atoms. The lowest BCUT2D eigenvalue weighted by Gasteiger charge is -2.48. The van der Waals surface area contributed by atoms with E-state index >= 15 is 0 Å². The summed E-state index contributed by atoms with van der Waals surface area (Å²) < 4.78 is 23.1. The molecular formula is C23H34N2O11. The van der Waals surface area contributed by atoms with Crippen LogP contribution in [0.3, 0.4) is 0 Å². The first-order chi connectivity index (χ1) is 17.2. The molecule has 0 radical (unpaired) electrons. The van der Waals surface area contributed by atoms with Crippen LogP contribution < -0.4 is 10.6 Å². The van der Waals surface area contributed by atoms with Gasteiger partial charge in [0, 0.05) is 13.8 Å². The number of rotatable bonds is 9. The maximum absolute atomic E-state index is 11.9. The number of hydrogen-bond donors (Lipinski definition) is 7. The van der Waals surface area contributed by atoms with Gasteiger partial charge in [0.2, 0.25) is 11.8 Å². The number of amides is 2. The highest BCUT2D eigenvalue weighted by atomic mass is 16.7. The number of aliphatic hydroxyl groups excluding tert-OH is 5. The lowest BCUT2D eigenvalue weighted by atomic mass is 9.94. The van der Waals surface area contributed by atoms with Crippen molar-refractivity contribution >= 4 is 11.8 Å². The van der Waals surface area contributed by atoms with Crippen LogP contribution in [-0.4, -0.2) is 112 Å². The molecule has 3 rings (SSSR count). The molecule has 0 saturated carbocycles. The maximum atomic E-state index is 11.9. The molecule has 1 aromatic rings. The smallest absolute Gasteiger partial charge is 0.217 e. The van der Waals surface area contributed by atoms with Crippen LogP contribution in [0.25, 0.3) is 0 Å². The molecule has 36 heavy (non-hydrogen) atoms. The Morgan fingerprint density at radius 3 is 1.94 bits per heavy atom. The van der Waals surface area contributed by atoms with Gasteiger partial charge in [-0.2, -0.15) is 0 Å². The summed E-state index contributed by atoms with van der Waals surface area (Å²) in [5.74, 6) is -1.04. The molecule has 0 spiro atoms. The number of carbonyl (C=O) groups excluding carboxylic acids is 2. The summed E-state index contributed by atoms with van der Waals surface area (Å²) in [5, 5.41) is 56.4. The zero-order valence-corrected chi connectivity index (χ0v) is 20.0. The van der Waals surface area contributed by atoms with Gasteiger partial charge in [-0.05, 0) is 5.56 Å². The zero-order valence-electron chi connectivity index (χ0n) is 20.0. The van der Waals surface area contributed by atoms with Crippen molar-refractivity contribution in [1.29, 1.82) is 0 Å². The highest BCUT2D eigenvalue weighted by Crippen LogP contribution is 2.30. The predicted molar refractivity (Wildman–Crippen MR) is 121 cm³/mol. The first-order valence-corrected chi connectivity index (χ1v) is 11.6. The quantitative estimate of drug-likeness (QED) is 0.179. The summed E-state index contributed by atoms with van der Waals surface area (Å²) in [5.41, 5.74) is 0.812. The van der Waals surface area contributed by atoms with Crippen molar-refractivity contribution in [1.82, 2.24) is 10.6 Å². The Bertz CT molecular complexity index is 860. The van der Waals surface area contributed by atoms with Crippen LogP contribution in [0.5, 0.6) is 0 Å². The molecule has 7 N–H and O–H groups in total. The van der Waals surface area contributed by atoms with Gasteiger partial charge in [0.05, 0.1) is 19.8 Å². The van der Waals surface area contributed by atoms with E-state index < -0.39 is 86.3 Å². The third-order valence-corrected chi connectivity index (χ3v) is 6.02. The number of carbonyl (C=O) groups is 2. The second-order valence-corrected chi connectivity index (χ2v) is 8.77. The predicted octanol–water partition coefficient (Wildman–Crippen LogP) is -2.89. The molecule has 13 heteroatoms. The molecule has 13 nitrogen and oxygen atoms in total. The van der Waals surface area contributed by atoms with Gasteiger partial charge in [0.15, 0.2) is 12.6 Å². The maximum Gasteiger partial charge on any atom is 0.217 e. The standard InChI is InChI=1S/C23H34N2O11/c1-11(28)24-16-19(31)18(30)14(8-26)34-23(16)36-21-15(9-27)35-22(17(20(21)32)25-12(2)29)33-10-13-6-4-3-5-7-13/h3-7,14-23,26-27,30-32H,8-10H2,1-2H3,(H,24,28)(H,25,29)/t14?,15?,16-,17+,18-,19-,20-,21+,22-,23+/m1/s1. The number of ether oxygens (including phenoxy) is 4. The second kappa shape index (κ2) is 12.9. The molecule has 2 unspecified atom stereocenters. The summed E-state index contributed by atoms with van der Waals surface area (Å²) in [6.45, 7) is 1.24. The lowest BCUT2D eigenvalue weighted by molar-refractivity contribution is -0.333. The fourth-order valence-corrected chi connectivity index (χ4v) is 4.26. The topological polar surface area (TPSA) is 196 Å². The SMILES string of the molecule is CC(=O)N[C@@H]1[C@H](OCc2ccccc2)OC(CO)[C@H](O[C@@H]2OC(CO)[C@@H](O)[C@H](O)[C@H]2NC(C)=O)[C@@H]1O. The Morgan fingerprint density at radius 2 is 1.39 bits per heavy atom. The molecular weight excluding hydrogens is 480 g/mol. The molecule has 2 saturated heterocycles. The van der Waals surface area contributed by atoms with E-state index in [0.717, 1.165) is 5.56 Å². The van der Waals surface area contributed by atoms with Crippen LogP contribution in [0.1, 0.15) is 19.4 Å². The summed E-state index contributed by atoms with van der Waals surface area (Å²) >= 11 is 0. The van der Waals surface area contributed by atoms with Crippen molar-refractivity contribution in [3.63, 3.8) is 0 Å². The average Bonchev–Trinajstić information content (AvgIpc) is 2.85. The summed E-state index contributed by atoms with van der Waals surface area (Å²) in [6, 6.07) is 6.73. The van der Waals surface area contributed by atoms with Crippen molar-refractivity contribution in [3.8, 4) is 0 Å². The minimum absolute atomic E-state index is 0.0938. The second-order valence-electron chi connectivity index (χ2n) is 8.77. The lowest BCUT2D eigenvalue weighted by Crippen LogP contribution is -2.69. The van der Waals surface area contributed by atoms with Gasteiger partial charge < -0.3 is 55.1 Å². The van der Waals surface area contributed by atoms with Gasteiger partial charge >= 0.3 is 0 Å². The minimum atomic E-state index is -1.58. The van der Waals surface area contributed by atoms with E-state index in [1.165, 1.54) is 13.8 Å². The Morgan fingerprint density at radius 1 is 0.833 bits per heavy atom. The number of benzene rings is 1. The van der Waals surface area contributed by atoms with Crippen LogP contribution in [-0.2, 0) is 35.1 Å². The average molecular weight is 515 g/mol. The van der Waals surface area contributed by atoms with E-state index in [1.807, 2.05) is 30.3 Å². The van der Waals surface area contributed by atoms with E-state index in [-0.39, 0.29) is 6.61 Å². The highest BCUT2D eigenvalue weighted by molar-refractivity contribution is 5.73. The van der Waals surface area contributed by atoms with Gasteiger partial charge in [-0.1, -0.05) is 30.3 Å². The Labute approximate surface area is 207 Å². The van der Waals surface area contributed by atoms with E-state index in [2.05, 4.69) is 10.6 Å². The molecule has 0 aromatic heterocycles.